The number of nitrogens with one attached hydrogen (secondary N) is 1. The summed E-state index contributed by atoms with van der Waals surface area (Å²) < 4.78 is 24.8. The van der Waals surface area contributed by atoms with Crippen molar-refractivity contribution in [2.75, 3.05) is 13.1 Å². The standard InChI is InChI=1S/C12H14ClF2N/c13-11-6-10(12(14)15)2-1-9(11)5-8-3-4-16-7-8/h1-2,6,8,12,16H,3-5,7H2. The van der Waals surface area contributed by atoms with Crippen LogP contribution in [0.1, 0.15) is 24.0 Å². The molecule has 1 aromatic carbocycles. The smallest absolute Gasteiger partial charge is 0.263 e. The van der Waals surface area contributed by atoms with E-state index >= 15 is 0 Å². The van der Waals surface area contributed by atoms with Crippen LogP contribution in [0.3, 0.4) is 0 Å². The predicted molar refractivity (Wildman–Crippen MR) is 61.1 cm³/mol. The molecule has 1 aliphatic heterocycles. The van der Waals surface area contributed by atoms with Gasteiger partial charge in [-0.15, -0.1) is 0 Å². The Labute approximate surface area is 98.8 Å². The van der Waals surface area contributed by atoms with Crippen LogP contribution in [0.2, 0.25) is 5.02 Å². The van der Waals surface area contributed by atoms with Gasteiger partial charge in [0.2, 0.25) is 0 Å². The van der Waals surface area contributed by atoms with Gasteiger partial charge in [0, 0.05) is 10.6 Å². The van der Waals surface area contributed by atoms with Crippen molar-refractivity contribution in [1.29, 1.82) is 0 Å². The summed E-state index contributed by atoms with van der Waals surface area (Å²) in [6, 6.07) is 4.57. The third kappa shape index (κ3) is 2.71. The van der Waals surface area contributed by atoms with Gasteiger partial charge in [-0.1, -0.05) is 23.7 Å². The minimum atomic E-state index is -2.44. The minimum Gasteiger partial charge on any atom is -0.316 e. The second kappa shape index (κ2) is 5.11. The van der Waals surface area contributed by atoms with Gasteiger partial charge in [-0.05, 0) is 43.5 Å². The van der Waals surface area contributed by atoms with E-state index in [1.807, 2.05) is 0 Å². The molecule has 16 heavy (non-hydrogen) atoms. The van der Waals surface area contributed by atoms with Crippen molar-refractivity contribution < 1.29 is 8.78 Å². The Morgan fingerprint density at radius 3 is 2.81 bits per heavy atom. The Bertz CT molecular complexity index is 362. The first-order valence-electron chi connectivity index (χ1n) is 5.44. The zero-order valence-corrected chi connectivity index (χ0v) is 9.61. The predicted octanol–water partition coefficient (Wildman–Crippen LogP) is 3.43. The van der Waals surface area contributed by atoms with Gasteiger partial charge in [0.15, 0.2) is 0 Å². The van der Waals surface area contributed by atoms with Crippen molar-refractivity contribution >= 4 is 11.6 Å². The zero-order valence-electron chi connectivity index (χ0n) is 8.85. The lowest BCUT2D eigenvalue weighted by molar-refractivity contribution is 0.151. The van der Waals surface area contributed by atoms with E-state index < -0.39 is 6.43 Å². The molecule has 1 nitrogen and oxygen atoms in total. The number of hydrogen-bond acceptors (Lipinski definition) is 1. The van der Waals surface area contributed by atoms with Crippen LogP contribution >= 0.6 is 11.6 Å². The van der Waals surface area contributed by atoms with Gasteiger partial charge in [0.1, 0.15) is 0 Å². The summed E-state index contributed by atoms with van der Waals surface area (Å²) in [4.78, 5) is 0. The highest BCUT2D eigenvalue weighted by Crippen LogP contribution is 2.27. The molecule has 1 heterocycles. The van der Waals surface area contributed by atoms with Crippen LogP contribution in [0.25, 0.3) is 0 Å². The number of alkyl halides is 2. The molecule has 0 radical (unpaired) electrons. The van der Waals surface area contributed by atoms with E-state index in [2.05, 4.69) is 5.32 Å². The number of rotatable bonds is 3. The summed E-state index contributed by atoms with van der Waals surface area (Å²) in [7, 11) is 0. The van der Waals surface area contributed by atoms with E-state index in [0.717, 1.165) is 31.5 Å². The molecule has 1 N–H and O–H groups in total. The van der Waals surface area contributed by atoms with E-state index in [1.165, 1.54) is 12.1 Å². The number of halogens is 3. The quantitative estimate of drug-likeness (QED) is 0.860. The molecule has 88 valence electrons. The fourth-order valence-electron chi connectivity index (χ4n) is 2.06. The monoisotopic (exact) mass is 245 g/mol. The zero-order chi connectivity index (χ0) is 11.5. The second-order valence-corrected chi connectivity index (χ2v) is 4.62. The van der Waals surface area contributed by atoms with Crippen molar-refractivity contribution in [3.05, 3.63) is 34.3 Å². The average Bonchev–Trinajstić information content (AvgIpc) is 2.73. The molecule has 1 aromatic rings. The molecule has 0 amide bonds. The lowest BCUT2D eigenvalue weighted by Crippen LogP contribution is -2.11. The van der Waals surface area contributed by atoms with Gasteiger partial charge in [0.05, 0.1) is 0 Å². The third-order valence-corrected chi connectivity index (χ3v) is 3.35. The lowest BCUT2D eigenvalue weighted by Gasteiger charge is -2.11. The average molecular weight is 246 g/mol. The van der Waals surface area contributed by atoms with Crippen molar-refractivity contribution in [1.82, 2.24) is 5.32 Å². The Balaban J connectivity index is 2.09. The van der Waals surface area contributed by atoms with E-state index in [0.29, 0.717) is 10.9 Å². The highest BCUT2D eigenvalue weighted by atomic mass is 35.5. The molecule has 0 saturated carbocycles. The van der Waals surface area contributed by atoms with Crippen molar-refractivity contribution in [2.24, 2.45) is 5.92 Å². The summed E-state index contributed by atoms with van der Waals surface area (Å²) in [5, 5.41) is 3.74. The molecular weight excluding hydrogens is 232 g/mol. The van der Waals surface area contributed by atoms with Crippen molar-refractivity contribution in [2.45, 2.75) is 19.3 Å². The molecule has 1 aliphatic rings. The largest absolute Gasteiger partial charge is 0.316 e. The summed E-state index contributed by atoms with van der Waals surface area (Å²) in [6.45, 7) is 2.03. The first-order chi connectivity index (χ1) is 7.66. The normalized spacial score (nSPS) is 20.6. The highest BCUT2D eigenvalue weighted by molar-refractivity contribution is 6.31. The molecule has 1 unspecified atom stereocenters. The fourth-order valence-corrected chi connectivity index (χ4v) is 2.33. The van der Waals surface area contributed by atoms with Crippen LogP contribution < -0.4 is 5.32 Å². The molecule has 1 saturated heterocycles. The van der Waals surface area contributed by atoms with Gasteiger partial charge in [-0.3, -0.25) is 0 Å². The topological polar surface area (TPSA) is 12.0 Å². The maximum atomic E-state index is 12.4. The Kier molecular flexibility index (Phi) is 3.77. The second-order valence-electron chi connectivity index (χ2n) is 4.21. The van der Waals surface area contributed by atoms with E-state index in [-0.39, 0.29) is 5.56 Å². The summed E-state index contributed by atoms with van der Waals surface area (Å²) in [5.41, 5.74) is 0.970. The molecule has 0 aliphatic carbocycles. The van der Waals surface area contributed by atoms with Gasteiger partial charge in [-0.2, -0.15) is 0 Å². The highest BCUT2D eigenvalue weighted by Gasteiger charge is 2.17. The molecule has 0 spiro atoms. The number of benzene rings is 1. The Hall–Kier alpha value is -0.670. The Morgan fingerprint density at radius 2 is 2.25 bits per heavy atom. The van der Waals surface area contributed by atoms with Crippen molar-refractivity contribution in [3.63, 3.8) is 0 Å². The summed E-state index contributed by atoms with van der Waals surface area (Å²) >= 11 is 6.00. The SMILES string of the molecule is FC(F)c1ccc(CC2CCNC2)c(Cl)c1. The first kappa shape index (κ1) is 11.8. The Morgan fingerprint density at radius 1 is 1.44 bits per heavy atom. The number of hydrogen-bond donors (Lipinski definition) is 1. The van der Waals surface area contributed by atoms with Crippen molar-refractivity contribution in [3.8, 4) is 0 Å². The van der Waals surface area contributed by atoms with E-state index in [4.69, 9.17) is 11.6 Å². The first-order valence-corrected chi connectivity index (χ1v) is 5.82. The van der Waals surface area contributed by atoms with Gasteiger partial charge in [0.25, 0.3) is 6.43 Å². The maximum absolute atomic E-state index is 12.4. The van der Waals surface area contributed by atoms with Crippen LogP contribution in [0.5, 0.6) is 0 Å². The molecular formula is C12H14ClF2N. The van der Waals surface area contributed by atoms with Gasteiger partial charge in [-0.25, -0.2) is 8.78 Å². The minimum absolute atomic E-state index is 0.00158. The van der Waals surface area contributed by atoms with Crippen LogP contribution in [0.4, 0.5) is 8.78 Å². The molecule has 1 fully saturated rings. The third-order valence-electron chi connectivity index (χ3n) is 3.00. The van der Waals surface area contributed by atoms with Crippen LogP contribution in [-0.2, 0) is 6.42 Å². The molecule has 4 heteroatoms. The van der Waals surface area contributed by atoms with Crippen LogP contribution in [0, 0.1) is 5.92 Å². The molecule has 0 aromatic heterocycles. The molecule has 1 atom stereocenters. The summed E-state index contributed by atoms with van der Waals surface area (Å²) in [5.74, 6) is 0.579. The maximum Gasteiger partial charge on any atom is 0.263 e. The molecule has 0 bridgehead atoms. The van der Waals surface area contributed by atoms with Gasteiger partial charge < -0.3 is 5.32 Å². The molecule has 2 rings (SSSR count). The van der Waals surface area contributed by atoms with Crippen LogP contribution in [0.15, 0.2) is 18.2 Å². The van der Waals surface area contributed by atoms with Gasteiger partial charge >= 0.3 is 0 Å². The van der Waals surface area contributed by atoms with E-state index in [1.54, 1.807) is 6.07 Å². The fraction of sp³-hybridized carbons (Fsp3) is 0.500. The summed E-state index contributed by atoms with van der Waals surface area (Å²) in [6.07, 6.45) is -0.442. The van der Waals surface area contributed by atoms with Crippen LogP contribution in [-0.4, -0.2) is 13.1 Å². The van der Waals surface area contributed by atoms with E-state index in [9.17, 15) is 8.78 Å². The lowest BCUT2D eigenvalue weighted by atomic mass is 9.98.